The normalized spacial score (nSPS) is 18.7. The molecule has 0 spiro atoms. The molecule has 0 unspecified atom stereocenters. The molecule has 2 aliphatic heterocycles. The standard InChI is InChI=1S/C58H81N11O16/c1-32(71)46(54(80)62-41(28-37-21-23-38(74)24-22-37)51(77)64-43(30-36-16-8-5-9-17-36)57(83)69-27-13-20-45(69)58(84)85)65-50(76)40(18-10-11-25-59)61-53(79)47(33(2)72)67-55(81)48(34(3)73)66-52(78)44-19-12-26-68(44)56(82)42(63-49(75)39(60)31-70)29-35-14-6-4-7-15-35/h4-9,14-17,21-24,32-34,39-48,70-74H,10-13,18-20,25-31,59-60H2,1-3H3,(H,61,79)(H,62,80)(H,63,75)(H,64,77)(H,65,76)(H,66,78)(H,67,81)(H,84,85)/t32-,33-,34-,39+,40+,41+,42+,43+,44+,45+,46+,47+,48+/m1/s1. The maximum absolute atomic E-state index is 14.4. The van der Waals surface area contributed by atoms with Crippen LogP contribution >= 0.6 is 0 Å². The number of nitrogens with one attached hydrogen (secondary N) is 7. The number of carboxylic acid groups (broad SMARTS) is 1. The molecular weight excluding hydrogens is 1110 g/mol. The van der Waals surface area contributed by atoms with Crippen molar-refractivity contribution >= 4 is 59.1 Å². The van der Waals surface area contributed by atoms with Gasteiger partial charge in [0.15, 0.2) is 0 Å². The molecule has 0 aromatic heterocycles. The molecule has 464 valence electrons. The summed E-state index contributed by atoms with van der Waals surface area (Å²) in [6.45, 7) is 3.12. The third-order valence-corrected chi connectivity index (χ3v) is 14.8. The Labute approximate surface area is 492 Å². The van der Waals surface area contributed by atoms with E-state index >= 15 is 0 Å². The summed E-state index contributed by atoms with van der Waals surface area (Å²) in [5.74, 6) is -9.71. The summed E-state index contributed by atoms with van der Waals surface area (Å²) in [5.41, 5.74) is 13.2. The van der Waals surface area contributed by atoms with Crippen LogP contribution in [0.4, 0.5) is 0 Å². The van der Waals surface area contributed by atoms with Crippen LogP contribution in [0.25, 0.3) is 0 Å². The van der Waals surface area contributed by atoms with Crippen LogP contribution in [0.5, 0.6) is 5.75 Å². The van der Waals surface area contributed by atoms with Crippen LogP contribution in [-0.2, 0) is 67.2 Å². The molecule has 9 amide bonds. The minimum absolute atomic E-state index is 0.00679. The lowest BCUT2D eigenvalue weighted by atomic mass is 10.0. The first-order valence-electron chi connectivity index (χ1n) is 28.4. The number of hydrogen-bond acceptors (Lipinski definition) is 17. The zero-order valence-electron chi connectivity index (χ0n) is 47.8. The number of carbonyl (C=O) groups excluding carboxylic acids is 9. The van der Waals surface area contributed by atoms with E-state index in [1.807, 2.05) is 0 Å². The number of nitrogens with two attached hydrogens (primary N) is 2. The van der Waals surface area contributed by atoms with E-state index in [-0.39, 0.29) is 70.3 Å². The lowest BCUT2D eigenvalue weighted by molar-refractivity contribution is -0.149. The smallest absolute Gasteiger partial charge is 0.326 e. The van der Waals surface area contributed by atoms with Crippen LogP contribution in [0.15, 0.2) is 84.9 Å². The van der Waals surface area contributed by atoms with Gasteiger partial charge in [-0.1, -0.05) is 72.8 Å². The van der Waals surface area contributed by atoms with Crippen LogP contribution in [-0.4, -0.2) is 205 Å². The van der Waals surface area contributed by atoms with Crippen molar-refractivity contribution in [2.45, 2.75) is 164 Å². The molecule has 27 heteroatoms. The number of likely N-dealkylation sites (tertiary alicyclic amines) is 2. The number of amides is 9. The fraction of sp³-hybridized carbons (Fsp3) is 0.517. The number of aliphatic hydroxyl groups excluding tert-OH is 4. The van der Waals surface area contributed by atoms with Crippen molar-refractivity contribution in [2.24, 2.45) is 11.5 Å². The summed E-state index contributed by atoms with van der Waals surface area (Å²) in [7, 11) is 0. The van der Waals surface area contributed by atoms with E-state index in [1.54, 1.807) is 60.7 Å². The number of aromatic hydroxyl groups is 1. The summed E-state index contributed by atoms with van der Waals surface area (Å²) in [6, 6.07) is 8.11. The number of carbonyl (C=O) groups is 10. The highest BCUT2D eigenvalue weighted by atomic mass is 16.4. The van der Waals surface area contributed by atoms with E-state index in [1.165, 1.54) is 47.9 Å². The van der Waals surface area contributed by atoms with Gasteiger partial charge in [-0.25, -0.2) is 4.79 Å². The number of carboxylic acids is 1. The molecule has 0 bridgehead atoms. The molecule has 27 nitrogen and oxygen atoms in total. The Bertz CT molecular complexity index is 2760. The van der Waals surface area contributed by atoms with Crippen LogP contribution < -0.4 is 48.7 Å². The second-order valence-corrected chi connectivity index (χ2v) is 21.5. The molecule has 0 radical (unpaired) electrons. The van der Waals surface area contributed by atoms with Gasteiger partial charge in [-0.05, 0) is 101 Å². The Hall–Kier alpha value is -8.08. The molecule has 2 saturated heterocycles. The van der Waals surface area contributed by atoms with Gasteiger partial charge in [-0.2, -0.15) is 0 Å². The predicted molar refractivity (Wildman–Crippen MR) is 306 cm³/mol. The highest BCUT2D eigenvalue weighted by molar-refractivity contribution is 5.99. The van der Waals surface area contributed by atoms with E-state index in [2.05, 4.69) is 37.2 Å². The molecule has 13 atom stereocenters. The van der Waals surface area contributed by atoms with E-state index in [9.17, 15) is 78.6 Å². The van der Waals surface area contributed by atoms with Gasteiger partial charge < -0.3 is 89.1 Å². The second-order valence-electron chi connectivity index (χ2n) is 21.5. The molecular formula is C58H81N11O16. The average molecular weight is 1190 g/mol. The van der Waals surface area contributed by atoms with E-state index in [0.29, 0.717) is 36.0 Å². The minimum Gasteiger partial charge on any atom is -0.508 e. The molecule has 2 fully saturated rings. The number of unbranched alkanes of at least 4 members (excludes halogenated alkanes) is 1. The van der Waals surface area contributed by atoms with Gasteiger partial charge in [0.2, 0.25) is 53.2 Å². The molecule has 2 aliphatic rings. The Kier molecular flexibility index (Phi) is 26.2. The Morgan fingerprint density at radius 3 is 1.40 bits per heavy atom. The van der Waals surface area contributed by atoms with Crippen molar-refractivity contribution in [1.82, 2.24) is 47.0 Å². The molecule has 2 heterocycles. The van der Waals surface area contributed by atoms with Gasteiger partial charge in [0.1, 0.15) is 66.2 Å². The van der Waals surface area contributed by atoms with Crippen molar-refractivity contribution in [3.05, 3.63) is 102 Å². The van der Waals surface area contributed by atoms with Crippen LogP contribution in [0, 0.1) is 0 Å². The second kappa shape index (κ2) is 32.8. The highest BCUT2D eigenvalue weighted by Gasteiger charge is 2.43. The van der Waals surface area contributed by atoms with E-state index in [4.69, 9.17) is 11.5 Å². The van der Waals surface area contributed by atoms with E-state index in [0.717, 1.165) is 6.92 Å². The van der Waals surface area contributed by atoms with Crippen LogP contribution in [0.3, 0.4) is 0 Å². The number of aliphatic hydroxyl groups is 4. The van der Waals surface area contributed by atoms with Crippen molar-refractivity contribution < 1.29 is 78.6 Å². The fourth-order valence-electron chi connectivity index (χ4n) is 10.0. The first kappa shape index (κ1) is 67.7. The summed E-state index contributed by atoms with van der Waals surface area (Å²) in [6.07, 6.45) is -3.87. The van der Waals surface area contributed by atoms with Gasteiger partial charge >= 0.3 is 5.97 Å². The van der Waals surface area contributed by atoms with Crippen LogP contribution in [0.2, 0.25) is 0 Å². The highest BCUT2D eigenvalue weighted by Crippen LogP contribution is 2.23. The Balaban J connectivity index is 1.32. The fourth-order valence-corrected chi connectivity index (χ4v) is 10.0. The first-order valence-corrected chi connectivity index (χ1v) is 28.4. The summed E-state index contributed by atoms with van der Waals surface area (Å²) in [5, 5.41) is 79.6. The van der Waals surface area contributed by atoms with Crippen molar-refractivity contribution in [1.29, 1.82) is 0 Å². The quantitative estimate of drug-likeness (QED) is 0.0278. The van der Waals surface area contributed by atoms with Crippen molar-refractivity contribution in [3.8, 4) is 5.75 Å². The third kappa shape index (κ3) is 19.8. The number of nitrogens with zero attached hydrogens (tertiary/aromatic N) is 2. The molecule has 3 aromatic rings. The van der Waals surface area contributed by atoms with Gasteiger partial charge in [0, 0.05) is 32.4 Å². The molecule has 0 aliphatic carbocycles. The van der Waals surface area contributed by atoms with Gasteiger partial charge in [-0.3, -0.25) is 43.2 Å². The Morgan fingerprint density at radius 2 is 0.918 bits per heavy atom. The average Bonchev–Trinajstić information content (AvgIpc) is 3.91. The number of phenols is 1. The molecule has 17 N–H and O–H groups in total. The maximum Gasteiger partial charge on any atom is 0.326 e. The topological polar surface area (TPSA) is 435 Å². The van der Waals surface area contributed by atoms with Crippen molar-refractivity contribution in [2.75, 3.05) is 26.2 Å². The molecule has 85 heavy (non-hydrogen) atoms. The predicted octanol–water partition coefficient (Wildman–Crippen LogP) is -3.53. The molecule has 0 saturated carbocycles. The number of benzene rings is 3. The van der Waals surface area contributed by atoms with Gasteiger partial charge in [0.25, 0.3) is 0 Å². The summed E-state index contributed by atoms with van der Waals surface area (Å²) < 4.78 is 0. The lowest BCUT2D eigenvalue weighted by Crippen LogP contribution is -2.64. The largest absolute Gasteiger partial charge is 0.508 e. The zero-order chi connectivity index (χ0) is 62.5. The van der Waals surface area contributed by atoms with Gasteiger partial charge in [0.05, 0.1) is 24.9 Å². The maximum atomic E-state index is 14.4. The summed E-state index contributed by atoms with van der Waals surface area (Å²) in [4.78, 5) is 141. The number of phenolic OH excluding ortho intramolecular Hbond substituents is 1. The summed E-state index contributed by atoms with van der Waals surface area (Å²) >= 11 is 0. The lowest BCUT2D eigenvalue weighted by Gasteiger charge is -2.31. The SMILES string of the molecule is C[C@@H](O)[C@H](NC(=O)[C@H](CCCCN)NC(=O)[C@@H](NC(=O)[C@@H](NC(=O)[C@@H]1CCCN1C(=O)[C@H](Cc1ccccc1)NC(=O)[C@@H](N)CO)[C@@H](C)O)[C@@H](C)O)C(=O)N[C@@H](Cc1ccc(O)cc1)C(=O)N[C@@H](Cc1ccccc1)C(=O)N1CCC[C@H]1C(=O)O. The molecule has 3 aromatic carbocycles. The number of rotatable bonds is 31. The third-order valence-electron chi connectivity index (χ3n) is 14.8. The first-order chi connectivity index (χ1) is 40.4. The van der Waals surface area contributed by atoms with Gasteiger partial charge in [-0.15, -0.1) is 0 Å². The van der Waals surface area contributed by atoms with E-state index < -0.39 is 144 Å². The Morgan fingerprint density at radius 1 is 0.518 bits per heavy atom. The number of aliphatic carboxylic acids is 1. The minimum atomic E-state index is -1.86. The zero-order valence-corrected chi connectivity index (χ0v) is 47.8. The van der Waals surface area contributed by atoms with Crippen molar-refractivity contribution in [3.63, 3.8) is 0 Å². The molecule has 5 rings (SSSR count). The number of hydrogen-bond donors (Lipinski definition) is 15. The monoisotopic (exact) mass is 1190 g/mol. The van der Waals surface area contributed by atoms with Crippen LogP contribution in [0.1, 0.15) is 82.4 Å².